The summed E-state index contributed by atoms with van der Waals surface area (Å²) >= 11 is 0. The molecule has 0 saturated carbocycles. The molecule has 1 aliphatic rings. The highest BCUT2D eigenvalue weighted by Crippen LogP contribution is 2.33. The minimum absolute atomic E-state index is 0.158. The highest BCUT2D eigenvalue weighted by molar-refractivity contribution is 5.77. The molecule has 0 bridgehead atoms. The third kappa shape index (κ3) is 1.80. The third-order valence-electron chi connectivity index (χ3n) is 2.50. The van der Waals surface area contributed by atoms with Crippen LogP contribution >= 0.6 is 0 Å². The predicted octanol–water partition coefficient (Wildman–Crippen LogP) is 1.48. The Morgan fingerprint density at radius 1 is 1.00 bits per heavy atom. The highest BCUT2D eigenvalue weighted by Gasteiger charge is 2.35. The molecule has 0 amide bonds. The van der Waals surface area contributed by atoms with Crippen molar-refractivity contribution in [1.82, 2.24) is 0 Å². The van der Waals surface area contributed by atoms with Gasteiger partial charge in [-0.25, -0.2) is 0 Å². The van der Waals surface area contributed by atoms with E-state index in [0.717, 1.165) is 6.08 Å². The van der Waals surface area contributed by atoms with E-state index in [9.17, 15) is 20.4 Å². The second-order valence-corrected chi connectivity index (χ2v) is 3.75. The van der Waals surface area contributed by atoms with Crippen LogP contribution in [0.15, 0.2) is 47.9 Å². The first kappa shape index (κ1) is 10.7. The van der Waals surface area contributed by atoms with Gasteiger partial charge in [-0.3, -0.25) is 0 Å². The van der Waals surface area contributed by atoms with Gasteiger partial charge in [0.15, 0.2) is 5.76 Å². The van der Waals surface area contributed by atoms with Gasteiger partial charge in [-0.1, -0.05) is 30.3 Å². The van der Waals surface area contributed by atoms with E-state index in [1.54, 1.807) is 24.3 Å². The SMILES string of the molecule is OC1=CC(c2ccccc2)=C(O)CC1(O)O. The molecule has 0 fully saturated rings. The Bertz CT molecular complexity index is 457. The molecule has 1 aromatic carbocycles. The maximum absolute atomic E-state index is 9.68. The summed E-state index contributed by atoms with van der Waals surface area (Å²) < 4.78 is 0. The van der Waals surface area contributed by atoms with Gasteiger partial charge in [-0.05, 0) is 11.6 Å². The lowest BCUT2D eigenvalue weighted by molar-refractivity contribution is -0.155. The standard InChI is InChI=1S/C12H12O4/c13-10-7-12(15,16)11(14)6-9(10)8-4-2-1-3-5-8/h1-6,13-16H,7H2. The van der Waals surface area contributed by atoms with Crippen LogP contribution < -0.4 is 0 Å². The molecule has 0 saturated heterocycles. The molecule has 2 rings (SSSR count). The number of rotatable bonds is 1. The van der Waals surface area contributed by atoms with Gasteiger partial charge < -0.3 is 20.4 Å². The van der Waals surface area contributed by atoms with E-state index in [2.05, 4.69) is 0 Å². The molecule has 0 atom stereocenters. The van der Waals surface area contributed by atoms with Crippen molar-refractivity contribution in [3.63, 3.8) is 0 Å². The van der Waals surface area contributed by atoms with Crippen LogP contribution in [0.25, 0.3) is 5.57 Å². The predicted molar refractivity (Wildman–Crippen MR) is 58.5 cm³/mol. The Kier molecular flexibility index (Phi) is 2.46. The Morgan fingerprint density at radius 2 is 1.62 bits per heavy atom. The first-order chi connectivity index (χ1) is 7.50. The topological polar surface area (TPSA) is 80.9 Å². The van der Waals surface area contributed by atoms with Gasteiger partial charge in [0.05, 0.1) is 6.42 Å². The van der Waals surface area contributed by atoms with Crippen LogP contribution in [-0.2, 0) is 0 Å². The molecule has 0 aliphatic heterocycles. The summed E-state index contributed by atoms with van der Waals surface area (Å²) in [5.74, 6) is -3.10. The van der Waals surface area contributed by atoms with E-state index < -0.39 is 18.0 Å². The lowest BCUT2D eigenvalue weighted by Gasteiger charge is -2.25. The third-order valence-corrected chi connectivity index (χ3v) is 2.50. The van der Waals surface area contributed by atoms with Crippen molar-refractivity contribution in [1.29, 1.82) is 0 Å². The van der Waals surface area contributed by atoms with Crippen LogP contribution in [0.5, 0.6) is 0 Å². The van der Waals surface area contributed by atoms with Crippen LogP contribution in [0.4, 0.5) is 0 Å². The van der Waals surface area contributed by atoms with Gasteiger partial charge in [0.25, 0.3) is 0 Å². The van der Waals surface area contributed by atoms with Gasteiger partial charge in [-0.2, -0.15) is 0 Å². The smallest absolute Gasteiger partial charge is 0.229 e. The van der Waals surface area contributed by atoms with Crippen molar-refractivity contribution in [3.05, 3.63) is 53.5 Å². The number of benzene rings is 1. The van der Waals surface area contributed by atoms with Crippen LogP contribution in [0.1, 0.15) is 12.0 Å². The van der Waals surface area contributed by atoms with E-state index in [1.807, 2.05) is 6.07 Å². The minimum atomic E-state index is -2.37. The molecule has 0 radical (unpaired) electrons. The van der Waals surface area contributed by atoms with Crippen molar-refractivity contribution in [2.45, 2.75) is 12.2 Å². The van der Waals surface area contributed by atoms with E-state index in [-0.39, 0.29) is 5.76 Å². The molecule has 16 heavy (non-hydrogen) atoms. The number of allylic oxidation sites excluding steroid dienone is 2. The van der Waals surface area contributed by atoms with E-state index in [0.29, 0.717) is 11.1 Å². The maximum Gasteiger partial charge on any atom is 0.229 e. The summed E-state index contributed by atoms with van der Waals surface area (Å²) in [4.78, 5) is 0. The largest absolute Gasteiger partial charge is 0.511 e. The molecular formula is C12H12O4. The second kappa shape index (κ2) is 3.66. The van der Waals surface area contributed by atoms with E-state index in [1.165, 1.54) is 0 Å². The van der Waals surface area contributed by atoms with Crippen molar-refractivity contribution < 1.29 is 20.4 Å². The Labute approximate surface area is 92.4 Å². The van der Waals surface area contributed by atoms with Gasteiger partial charge in [0, 0.05) is 5.57 Å². The Balaban J connectivity index is 2.45. The monoisotopic (exact) mass is 220 g/mol. The minimum Gasteiger partial charge on any atom is -0.511 e. The number of aliphatic hydroxyl groups is 4. The van der Waals surface area contributed by atoms with Crippen LogP contribution in [0, 0.1) is 0 Å². The van der Waals surface area contributed by atoms with Crippen molar-refractivity contribution in [3.8, 4) is 0 Å². The fourth-order valence-electron chi connectivity index (χ4n) is 1.62. The molecule has 4 nitrogen and oxygen atoms in total. The van der Waals surface area contributed by atoms with Gasteiger partial charge >= 0.3 is 0 Å². The summed E-state index contributed by atoms with van der Waals surface area (Å²) in [5, 5.41) is 37.7. The second-order valence-electron chi connectivity index (χ2n) is 3.75. The summed E-state index contributed by atoms with van der Waals surface area (Å²) in [5.41, 5.74) is 1.11. The zero-order chi connectivity index (χ0) is 11.8. The number of aliphatic hydroxyl groups excluding tert-OH is 2. The van der Waals surface area contributed by atoms with Crippen LogP contribution in [0.2, 0.25) is 0 Å². The van der Waals surface area contributed by atoms with Gasteiger partial charge in [0.1, 0.15) is 5.76 Å². The zero-order valence-corrected chi connectivity index (χ0v) is 8.46. The molecule has 0 unspecified atom stereocenters. The zero-order valence-electron chi connectivity index (χ0n) is 8.46. The lowest BCUT2D eigenvalue weighted by Crippen LogP contribution is -2.33. The fraction of sp³-hybridized carbons (Fsp3) is 0.167. The van der Waals surface area contributed by atoms with Crippen LogP contribution in [0.3, 0.4) is 0 Å². The summed E-state index contributed by atoms with van der Waals surface area (Å²) in [6.07, 6.45) is 0.744. The molecule has 84 valence electrons. The summed E-state index contributed by atoms with van der Waals surface area (Å²) in [7, 11) is 0. The highest BCUT2D eigenvalue weighted by atomic mass is 16.5. The summed E-state index contributed by atoms with van der Waals surface area (Å²) in [6, 6.07) is 8.94. The number of hydrogen-bond donors (Lipinski definition) is 4. The summed E-state index contributed by atoms with van der Waals surface area (Å²) in [6.45, 7) is 0. The van der Waals surface area contributed by atoms with E-state index in [4.69, 9.17) is 0 Å². The van der Waals surface area contributed by atoms with Gasteiger partial charge in [-0.15, -0.1) is 0 Å². The average Bonchev–Trinajstić information content (AvgIpc) is 2.24. The molecule has 4 N–H and O–H groups in total. The molecule has 1 aliphatic carbocycles. The molecule has 1 aromatic rings. The van der Waals surface area contributed by atoms with Crippen molar-refractivity contribution in [2.24, 2.45) is 0 Å². The first-order valence-corrected chi connectivity index (χ1v) is 4.84. The van der Waals surface area contributed by atoms with Gasteiger partial charge in [0.2, 0.25) is 5.79 Å². The maximum atomic E-state index is 9.68. The molecule has 0 aromatic heterocycles. The van der Waals surface area contributed by atoms with Crippen molar-refractivity contribution >= 4 is 5.57 Å². The molecule has 0 spiro atoms. The van der Waals surface area contributed by atoms with Crippen molar-refractivity contribution in [2.75, 3.05) is 0 Å². The quantitative estimate of drug-likeness (QED) is 0.540. The lowest BCUT2D eigenvalue weighted by atomic mass is 9.93. The Hall–Kier alpha value is -1.78. The molecular weight excluding hydrogens is 208 g/mol. The fourth-order valence-corrected chi connectivity index (χ4v) is 1.62. The molecule has 4 heteroatoms. The molecule has 0 heterocycles. The Morgan fingerprint density at radius 3 is 2.25 bits per heavy atom. The normalized spacial score (nSPS) is 19.5. The average molecular weight is 220 g/mol. The van der Waals surface area contributed by atoms with E-state index >= 15 is 0 Å². The number of hydrogen-bond acceptors (Lipinski definition) is 4. The first-order valence-electron chi connectivity index (χ1n) is 4.84. The van der Waals surface area contributed by atoms with Crippen LogP contribution in [-0.4, -0.2) is 26.2 Å².